The molecular formula is C17H22N2O. The van der Waals surface area contributed by atoms with Gasteiger partial charge in [-0.3, -0.25) is 4.79 Å². The zero-order chi connectivity index (χ0) is 13.5. The van der Waals surface area contributed by atoms with Crippen LogP contribution in [0.25, 0.3) is 0 Å². The molecule has 20 heavy (non-hydrogen) atoms. The Morgan fingerprint density at radius 1 is 1.35 bits per heavy atom. The van der Waals surface area contributed by atoms with Gasteiger partial charge in [-0.15, -0.1) is 0 Å². The summed E-state index contributed by atoms with van der Waals surface area (Å²) in [7, 11) is 0. The van der Waals surface area contributed by atoms with Gasteiger partial charge in [0.1, 0.15) is 0 Å². The summed E-state index contributed by atoms with van der Waals surface area (Å²) in [6.07, 6.45) is 4.12. The van der Waals surface area contributed by atoms with Crippen LogP contribution < -0.4 is 10.6 Å². The minimum absolute atomic E-state index is 0.258. The fourth-order valence-electron chi connectivity index (χ4n) is 4.10. The van der Waals surface area contributed by atoms with E-state index >= 15 is 0 Å². The zero-order valence-corrected chi connectivity index (χ0v) is 11.8. The Morgan fingerprint density at radius 3 is 3.10 bits per heavy atom. The van der Waals surface area contributed by atoms with E-state index < -0.39 is 0 Å². The second kappa shape index (κ2) is 4.88. The molecule has 4 unspecified atom stereocenters. The van der Waals surface area contributed by atoms with Gasteiger partial charge in [0.2, 0.25) is 5.91 Å². The van der Waals surface area contributed by atoms with Gasteiger partial charge in [-0.1, -0.05) is 24.3 Å². The largest absolute Gasteiger partial charge is 0.352 e. The van der Waals surface area contributed by atoms with Crippen LogP contribution in [0.5, 0.6) is 0 Å². The van der Waals surface area contributed by atoms with Gasteiger partial charge in [0.15, 0.2) is 0 Å². The average Bonchev–Trinajstić information content (AvgIpc) is 2.89. The third-order valence-electron chi connectivity index (χ3n) is 5.31. The summed E-state index contributed by atoms with van der Waals surface area (Å²) >= 11 is 0. The first-order valence-electron chi connectivity index (χ1n) is 7.91. The third-order valence-corrected chi connectivity index (χ3v) is 5.31. The molecule has 0 aromatic heterocycles. The van der Waals surface area contributed by atoms with E-state index in [-0.39, 0.29) is 5.91 Å². The summed E-state index contributed by atoms with van der Waals surface area (Å²) in [6.45, 7) is 2.21. The van der Waals surface area contributed by atoms with Crippen LogP contribution in [0, 0.1) is 11.8 Å². The first-order valence-corrected chi connectivity index (χ1v) is 7.91. The quantitative estimate of drug-likeness (QED) is 0.876. The summed E-state index contributed by atoms with van der Waals surface area (Å²) in [6, 6.07) is 9.11. The molecule has 1 aliphatic heterocycles. The molecule has 4 rings (SSSR count). The van der Waals surface area contributed by atoms with Gasteiger partial charge in [0.05, 0.1) is 0 Å². The van der Waals surface area contributed by atoms with E-state index in [0.29, 0.717) is 30.2 Å². The van der Waals surface area contributed by atoms with Gasteiger partial charge in [-0.2, -0.15) is 0 Å². The Morgan fingerprint density at radius 2 is 2.25 bits per heavy atom. The van der Waals surface area contributed by atoms with E-state index in [2.05, 4.69) is 34.9 Å². The summed E-state index contributed by atoms with van der Waals surface area (Å²) in [4.78, 5) is 12.1. The second-order valence-electron chi connectivity index (χ2n) is 6.58. The maximum atomic E-state index is 12.1. The average molecular weight is 270 g/mol. The molecule has 1 amide bonds. The van der Waals surface area contributed by atoms with Crippen LogP contribution >= 0.6 is 0 Å². The van der Waals surface area contributed by atoms with E-state index in [1.165, 1.54) is 17.5 Å². The third kappa shape index (κ3) is 2.14. The number of nitrogens with one attached hydrogen (secondary N) is 2. The molecule has 1 heterocycles. The first-order chi connectivity index (χ1) is 9.83. The molecule has 1 saturated heterocycles. The van der Waals surface area contributed by atoms with Gasteiger partial charge in [0.25, 0.3) is 0 Å². The second-order valence-corrected chi connectivity index (χ2v) is 6.58. The van der Waals surface area contributed by atoms with Crippen molar-refractivity contribution >= 4 is 5.91 Å². The lowest BCUT2D eigenvalue weighted by Gasteiger charge is -2.11. The molecule has 2 N–H and O–H groups in total. The number of hydrogen-bond donors (Lipinski definition) is 2. The molecule has 4 atom stereocenters. The highest BCUT2D eigenvalue weighted by Gasteiger charge is 2.56. The lowest BCUT2D eigenvalue weighted by Crippen LogP contribution is -2.29. The van der Waals surface area contributed by atoms with Crippen LogP contribution in [-0.4, -0.2) is 25.0 Å². The van der Waals surface area contributed by atoms with Crippen molar-refractivity contribution in [3.05, 3.63) is 35.4 Å². The molecule has 1 aromatic carbocycles. The van der Waals surface area contributed by atoms with Crippen molar-refractivity contribution in [3.63, 3.8) is 0 Å². The predicted octanol–water partition coefficient (Wildman–Crippen LogP) is 1.83. The van der Waals surface area contributed by atoms with E-state index in [1.807, 2.05) is 0 Å². The topological polar surface area (TPSA) is 41.1 Å². The SMILES string of the molecule is O=C(CCC1CCNC1)NC1C2Cc3ccccc3C21. The molecule has 3 nitrogen and oxygen atoms in total. The minimum atomic E-state index is 0.258. The number of amides is 1. The maximum Gasteiger partial charge on any atom is 0.220 e. The molecule has 0 bridgehead atoms. The standard InChI is InChI=1S/C17H22N2O/c20-15(6-5-11-7-8-18-10-11)19-17-14-9-12-3-1-2-4-13(12)16(14)17/h1-4,11,14,16-18H,5-10H2,(H,19,20). The van der Waals surface area contributed by atoms with Gasteiger partial charge in [-0.05, 0) is 55.3 Å². The van der Waals surface area contributed by atoms with Gasteiger partial charge >= 0.3 is 0 Å². The number of benzene rings is 1. The molecule has 3 heteroatoms. The van der Waals surface area contributed by atoms with Crippen LogP contribution in [0.2, 0.25) is 0 Å². The highest BCUT2D eigenvalue weighted by molar-refractivity contribution is 5.77. The van der Waals surface area contributed by atoms with Crippen LogP contribution in [0.1, 0.15) is 36.3 Å². The Labute approximate surface area is 120 Å². The molecule has 0 spiro atoms. The van der Waals surface area contributed by atoms with Crippen LogP contribution in [0.15, 0.2) is 24.3 Å². The Hall–Kier alpha value is -1.35. The van der Waals surface area contributed by atoms with Crippen molar-refractivity contribution in [1.29, 1.82) is 0 Å². The molecule has 3 aliphatic rings. The molecule has 2 aliphatic carbocycles. The predicted molar refractivity (Wildman–Crippen MR) is 78.5 cm³/mol. The molecule has 106 valence electrons. The fourth-order valence-corrected chi connectivity index (χ4v) is 4.10. The Balaban J connectivity index is 1.28. The normalized spacial score (nSPS) is 33.6. The number of fused-ring (bicyclic) bond motifs is 3. The lowest BCUT2D eigenvalue weighted by atomic mass is 10.0. The van der Waals surface area contributed by atoms with Crippen molar-refractivity contribution < 1.29 is 4.79 Å². The lowest BCUT2D eigenvalue weighted by molar-refractivity contribution is -0.121. The molecule has 1 saturated carbocycles. The maximum absolute atomic E-state index is 12.1. The van der Waals surface area contributed by atoms with Crippen molar-refractivity contribution in [2.75, 3.05) is 13.1 Å². The summed E-state index contributed by atoms with van der Waals surface area (Å²) in [5.74, 6) is 2.24. The van der Waals surface area contributed by atoms with Gasteiger partial charge < -0.3 is 10.6 Å². The van der Waals surface area contributed by atoms with Crippen molar-refractivity contribution in [1.82, 2.24) is 10.6 Å². The smallest absolute Gasteiger partial charge is 0.220 e. The molecule has 0 radical (unpaired) electrons. The Kier molecular flexibility index (Phi) is 3.03. The zero-order valence-electron chi connectivity index (χ0n) is 11.8. The van der Waals surface area contributed by atoms with Crippen LogP contribution in [-0.2, 0) is 11.2 Å². The summed E-state index contributed by atoms with van der Waals surface area (Å²) in [5, 5.41) is 6.62. The molecule has 2 fully saturated rings. The van der Waals surface area contributed by atoms with Crippen LogP contribution in [0.3, 0.4) is 0 Å². The first kappa shape index (κ1) is 12.4. The monoisotopic (exact) mass is 270 g/mol. The highest BCUT2D eigenvalue weighted by Crippen LogP contribution is 2.56. The number of carbonyl (C=O) groups is 1. The van der Waals surface area contributed by atoms with Gasteiger partial charge in [0, 0.05) is 18.4 Å². The van der Waals surface area contributed by atoms with E-state index in [9.17, 15) is 4.79 Å². The van der Waals surface area contributed by atoms with E-state index in [4.69, 9.17) is 0 Å². The fraction of sp³-hybridized carbons (Fsp3) is 0.588. The number of rotatable bonds is 4. The van der Waals surface area contributed by atoms with E-state index in [1.54, 1.807) is 0 Å². The van der Waals surface area contributed by atoms with Crippen molar-refractivity contribution in [3.8, 4) is 0 Å². The Bertz CT molecular complexity index is 521. The number of carbonyl (C=O) groups excluding carboxylic acids is 1. The highest BCUT2D eigenvalue weighted by atomic mass is 16.1. The van der Waals surface area contributed by atoms with Gasteiger partial charge in [-0.25, -0.2) is 0 Å². The van der Waals surface area contributed by atoms with Crippen molar-refractivity contribution in [2.24, 2.45) is 11.8 Å². The molecule has 1 aromatic rings. The minimum Gasteiger partial charge on any atom is -0.352 e. The van der Waals surface area contributed by atoms with Crippen molar-refractivity contribution in [2.45, 2.75) is 37.6 Å². The van der Waals surface area contributed by atoms with E-state index in [0.717, 1.165) is 25.9 Å². The van der Waals surface area contributed by atoms with Crippen LogP contribution in [0.4, 0.5) is 0 Å². The number of hydrogen-bond acceptors (Lipinski definition) is 2. The summed E-state index contributed by atoms with van der Waals surface area (Å²) < 4.78 is 0. The molecular weight excluding hydrogens is 248 g/mol. The summed E-state index contributed by atoms with van der Waals surface area (Å²) in [5.41, 5.74) is 2.97.